The quantitative estimate of drug-likeness (QED) is 0.735. The van der Waals surface area contributed by atoms with Crippen LogP contribution in [0.2, 0.25) is 0 Å². The van der Waals surface area contributed by atoms with E-state index in [0.29, 0.717) is 11.3 Å². The van der Waals surface area contributed by atoms with Gasteiger partial charge >= 0.3 is 0 Å². The molecule has 3 heteroatoms. The number of ether oxygens (including phenoxy) is 1. The summed E-state index contributed by atoms with van der Waals surface area (Å²) in [4.78, 5) is 0. The SMILES string of the molecule is C#Cc1c(C#N)c2ccc(OC)cc2n1CC. The molecule has 0 aliphatic rings. The molecule has 17 heavy (non-hydrogen) atoms. The fourth-order valence-electron chi connectivity index (χ4n) is 2.05. The highest BCUT2D eigenvalue weighted by Crippen LogP contribution is 2.28. The van der Waals surface area contributed by atoms with Crippen molar-refractivity contribution in [3.05, 3.63) is 29.5 Å². The fourth-order valence-corrected chi connectivity index (χ4v) is 2.05. The standard InChI is InChI=1S/C14H12N2O/c1-4-13-12(9-15)11-7-6-10(17-3)8-14(11)16(13)5-2/h1,6-8H,5H2,2-3H3. The molecule has 0 aliphatic heterocycles. The Morgan fingerprint density at radius 3 is 2.76 bits per heavy atom. The van der Waals surface area contributed by atoms with Crippen molar-refractivity contribution in [2.24, 2.45) is 0 Å². The van der Waals surface area contributed by atoms with Gasteiger partial charge < -0.3 is 9.30 Å². The number of nitriles is 1. The van der Waals surface area contributed by atoms with Crippen molar-refractivity contribution in [1.82, 2.24) is 4.57 Å². The van der Waals surface area contributed by atoms with Crippen LogP contribution >= 0.6 is 0 Å². The molecule has 2 aromatic rings. The van der Waals surface area contributed by atoms with Crippen molar-refractivity contribution in [2.45, 2.75) is 13.5 Å². The molecule has 2 rings (SSSR count). The number of terminal acetylenes is 1. The summed E-state index contributed by atoms with van der Waals surface area (Å²) in [7, 11) is 1.62. The first-order chi connectivity index (χ1) is 8.26. The van der Waals surface area contributed by atoms with E-state index in [9.17, 15) is 5.26 Å². The predicted octanol–water partition coefficient (Wildman–Crippen LogP) is 2.52. The van der Waals surface area contributed by atoms with Gasteiger partial charge in [-0.3, -0.25) is 0 Å². The van der Waals surface area contributed by atoms with Crippen LogP contribution in [0, 0.1) is 23.7 Å². The monoisotopic (exact) mass is 224 g/mol. The van der Waals surface area contributed by atoms with Crippen molar-refractivity contribution in [3.63, 3.8) is 0 Å². The molecule has 0 aliphatic carbocycles. The number of methoxy groups -OCH3 is 1. The molecule has 0 amide bonds. The minimum absolute atomic E-state index is 0.562. The first-order valence-corrected chi connectivity index (χ1v) is 5.33. The molecule has 3 nitrogen and oxygen atoms in total. The number of hydrogen-bond acceptors (Lipinski definition) is 2. The second kappa shape index (κ2) is 4.23. The lowest BCUT2D eigenvalue weighted by Crippen LogP contribution is -1.97. The lowest BCUT2D eigenvalue weighted by atomic mass is 10.1. The Labute approximate surface area is 100 Å². The van der Waals surface area contributed by atoms with Crippen molar-refractivity contribution >= 4 is 10.9 Å². The van der Waals surface area contributed by atoms with Gasteiger partial charge in [-0.15, -0.1) is 6.42 Å². The molecule has 0 unspecified atom stereocenters. The van der Waals surface area contributed by atoms with Crippen molar-refractivity contribution < 1.29 is 4.74 Å². The molecular formula is C14H12N2O. The number of nitrogens with zero attached hydrogens (tertiary/aromatic N) is 2. The smallest absolute Gasteiger partial charge is 0.120 e. The Hall–Kier alpha value is -2.39. The van der Waals surface area contributed by atoms with Crippen LogP contribution in [0.15, 0.2) is 18.2 Å². The van der Waals surface area contributed by atoms with E-state index in [4.69, 9.17) is 11.2 Å². The van der Waals surface area contributed by atoms with E-state index in [1.807, 2.05) is 29.7 Å². The van der Waals surface area contributed by atoms with Gasteiger partial charge in [0.15, 0.2) is 0 Å². The average molecular weight is 224 g/mol. The van der Waals surface area contributed by atoms with E-state index in [0.717, 1.165) is 23.2 Å². The second-order valence-electron chi connectivity index (χ2n) is 3.61. The zero-order valence-corrected chi connectivity index (χ0v) is 9.82. The Balaban J connectivity index is 2.91. The fraction of sp³-hybridized carbons (Fsp3) is 0.214. The largest absolute Gasteiger partial charge is 0.497 e. The lowest BCUT2D eigenvalue weighted by Gasteiger charge is -2.04. The van der Waals surface area contributed by atoms with Gasteiger partial charge in [0.25, 0.3) is 0 Å². The van der Waals surface area contributed by atoms with Gasteiger partial charge in [0.2, 0.25) is 0 Å². The average Bonchev–Trinajstić information content (AvgIpc) is 2.69. The van der Waals surface area contributed by atoms with Crippen LogP contribution in [0.25, 0.3) is 10.9 Å². The van der Waals surface area contributed by atoms with E-state index < -0.39 is 0 Å². The molecule has 1 aromatic heterocycles. The van der Waals surface area contributed by atoms with E-state index in [2.05, 4.69) is 12.0 Å². The maximum Gasteiger partial charge on any atom is 0.120 e. The Morgan fingerprint density at radius 2 is 2.24 bits per heavy atom. The summed E-state index contributed by atoms with van der Waals surface area (Å²) >= 11 is 0. The third kappa shape index (κ3) is 1.53. The van der Waals surface area contributed by atoms with Crippen LogP contribution in [0.1, 0.15) is 18.2 Å². The topological polar surface area (TPSA) is 37.9 Å². The molecule has 0 N–H and O–H groups in total. The van der Waals surface area contributed by atoms with Gasteiger partial charge in [-0.25, -0.2) is 0 Å². The third-order valence-corrected chi connectivity index (χ3v) is 2.84. The van der Waals surface area contributed by atoms with E-state index in [1.165, 1.54) is 0 Å². The zero-order chi connectivity index (χ0) is 12.4. The first kappa shape index (κ1) is 11.1. The third-order valence-electron chi connectivity index (χ3n) is 2.84. The number of benzene rings is 1. The summed E-state index contributed by atoms with van der Waals surface area (Å²) in [5.74, 6) is 3.35. The van der Waals surface area contributed by atoms with Crippen LogP contribution in [-0.4, -0.2) is 11.7 Å². The summed E-state index contributed by atoms with van der Waals surface area (Å²) < 4.78 is 7.15. The lowest BCUT2D eigenvalue weighted by molar-refractivity contribution is 0.415. The summed E-state index contributed by atoms with van der Waals surface area (Å²) in [5.41, 5.74) is 2.14. The predicted molar refractivity (Wildman–Crippen MR) is 66.8 cm³/mol. The second-order valence-corrected chi connectivity index (χ2v) is 3.61. The van der Waals surface area contributed by atoms with E-state index >= 15 is 0 Å². The molecule has 1 heterocycles. The first-order valence-electron chi connectivity index (χ1n) is 5.33. The maximum absolute atomic E-state index is 9.19. The molecule has 0 saturated heterocycles. The molecular weight excluding hydrogens is 212 g/mol. The van der Waals surface area contributed by atoms with Gasteiger partial charge in [0.1, 0.15) is 17.5 Å². The van der Waals surface area contributed by atoms with Gasteiger partial charge in [-0.2, -0.15) is 5.26 Å². The van der Waals surface area contributed by atoms with Crippen molar-refractivity contribution in [2.75, 3.05) is 7.11 Å². The van der Waals surface area contributed by atoms with Crippen molar-refractivity contribution in [1.29, 1.82) is 5.26 Å². The highest BCUT2D eigenvalue weighted by molar-refractivity contribution is 5.90. The van der Waals surface area contributed by atoms with Gasteiger partial charge in [0.05, 0.1) is 18.2 Å². The number of aromatic nitrogens is 1. The van der Waals surface area contributed by atoms with Crippen LogP contribution in [0.3, 0.4) is 0 Å². The number of fused-ring (bicyclic) bond motifs is 1. The van der Waals surface area contributed by atoms with Gasteiger partial charge in [0, 0.05) is 18.0 Å². The number of aryl methyl sites for hydroxylation is 1. The molecule has 0 spiro atoms. The molecule has 0 saturated carbocycles. The summed E-state index contributed by atoms with van der Waals surface area (Å²) in [6.07, 6.45) is 5.48. The summed E-state index contributed by atoms with van der Waals surface area (Å²) in [5, 5.41) is 10.1. The van der Waals surface area contributed by atoms with Gasteiger partial charge in [-0.1, -0.05) is 5.92 Å². The van der Waals surface area contributed by atoms with Crippen LogP contribution in [-0.2, 0) is 6.54 Å². The molecule has 1 aromatic carbocycles. The number of hydrogen-bond donors (Lipinski definition) is 0. The number of rotatable bonds is 2. The minimum atomic E-state index is 0.562. The molecule has 0 bridgehead atoms. The zero-order valence-electron chi connectivity index (χ0n) is 9.82. The summed E-state index contributed by atoms with van der Waals surface area (Å²) in [6, 6.07) is 7.79. The van der Waals surface area contributed by atoms with E-state index in [1.54, 1.807) is 7.11 Å². The van der Waals surface area contributed by atoms with Gasteiger partial charge in [-0.05, 0) is 19.1 Å². The Bertz CT molecular complexity index is 653. The molecule has 0 fully saturated rings. The molecule has 0 radical (unpaired) electrons. The normalized spacial score (nSPS) is 9.88. The van der Waals surface area contributed by atoms with Crippen LogP contribution in [0.4, 0.5) is 0 Å². The van der Waals surface area contributed by atoms with Crippen LogP contribution in [0.5, 0.6) is 5.75 Å². The Morgan fingerprint density at radius 1 is 1.47 bits per heavy atom. The van der Waals surface area contributed by atoms with Crippen molar-refractivity contribution in [3.8, 4) is 24.2 Å². The van der Waals surface area contributed by atoms with E-state index in [-0.39, 0.29) is 0 Å². The Kier molecular flexibility index (Phi) is 2.77. The summed E-state index contributed by atoms with van der Waals surface area (Å²) in [6.45, 7) is 2.73. The maximum atomic E-state index is 9.19. The minimum Gasteiger partial charge on any atom is -0.497 e. The van der Waals surface area contributed by atoms with Crippen LogP contribution < -0.4 is 4.74 Å². The molecule has 84 valence electrons. The molecule has 0 atom stereocenters. The highest BCUT2D eigenvalue weighted by atomic mass is 16.5. The highest BCUT2D eigenvalue weighted by Gasteiger charge is 2.14.